The molecule has 6 nitrogen and oxygen atoms in total. The fraction of sp³-hybridized carbons (Fsp3) is 0.429. The molecule has 1 aromatic carbocycles. The first-order chi connectivity index (χ1) is 9.92. The Hall–Kier alpha value is -2.02. The predicted molar refractivity (Wildman–Crippen MR) is 75.7 cm³/mol. The summed E-state index contributed by atoms with van der Waals surface area (Å²) in [5.74, 6) is -1.75. The van der Waals surface area contributed by atoms with E-state index in [1.165, 1.54) is 6.07 Å². The number of rotatable bonds is 5. The number of fused-ring (bicyclic) bond motifs is 1. The van der Waals surface area contributed by atoms with Crippen LogP contribution < -0.4 is 4.65 Å². The lowest BCUT2D eigenvalue weighted by molar-refractivity contribution is -0.119. The smallest absolute Gasteiger partial charge is 0.526 e. The number of carbonyl (C=O) groups excluding carboxylic acids is 1. The fourth-order valence-corrected chi connectivity index (χ4v) is 2.57. The maximum absolute atomic E-state index is 11.7. The summed E-state index contributed by atoms with van der Waals surface area (Å²) in [4.78, 5) is 22.9. The third kappa shape index (κ3) is 3.36. The molecule has 1 aliphatic heterocycles. The van der Waals surface area contributed by atoms with Crippen molar-refractivity contribution in [2.45, 2.75) is 38.4 Å². The summed E-state index contributed by atoms with van der Waals surface area (Å²) in [6, 6.07) is 2.49. The summed E-state index contributed by atoms with van der Waals surface area (Å²) in [5.41, 5.74) is 0.300. The lowest BCUT2D eigenvalue weighted by Crippen LogP contribution is -2.35. The fourth-order valence-electron chi connectivity index (χ4n) is 2.57. The van der Waals surface area contributed by atoms with Crippen LogP contribution in [0, 0.1) is 0 Å². The van der Waals surface area contributed by atoms with Gasteiger partial charge in [0.15, 0.2) is 0 Å². The molecule has 0 saturated heterocycles. The van der Waals surface area contributed by atoms with E-state index < -0.39 is 18.9 Å². The quantitative estimate of drug-likeness (QED) is 0.713. The number of carbonyl (C=O) groups is 2. The molecule has 21 heavy (non-hydrogen) atoms. The topological polar surface area (TPSA) is 104 Å². The highest BCUT2D eigenvalue weighted by Gasteiger charge is 2.37. The molecular formula is C14H17BO6. The molecular weight excluding hydrogens is 275 g/mol. The Labute approximate surface area is 122 Å². The van der Waals surface area contributed by atoms with Gasteiger partial charge in [-0.2, -0.15) is 0 Å². The van der Waals surface area contributed by atoms with Crippen molar-refractivity contribution in [3.05, 3.63) is 23.3 Å². The van der Waals surface area contributed by atoms with Crippen LogP contribution in [-0.4, -0.2) is 34.1 Å². The largest absolute Gasteiger partial charge is 0.535 e. The number of phenolic OH excluding ortho intramolecular Hbond substituents is 1. The Kier molecular flexibility index (Phi) is 4.52. The van der Waals surface area contributed by atoms with Gasteiger partial charge in [0.1, 0.15) is 22.8 Å². The molecule has 0 radical (unpaired) electrons. The average molecular weight is 292 g/mol. The predicted octanol–water partition coefficient (Wildman–Crippen LogP) is 1.64. The number of phenols is 1. The third-order valence-corrected chi connectivity index (χ3v) is 3.52. The molecule has 0 spiro atoms. The summed E-state index contributed by atoms with van der Waals surface area (Å²) >= 11 is 0. The van der Waals surface area contributed by atoms with Gasteiger partial charge >= 0.3 is 13.1 Å². The standard InChI is InChI=1S/C14H17BO6/c1-2-3-10(16)6-9-4-8-5-11(17)7-12(14(18)19)13(8)21-15(9)20/h5,7,9,17,20H,2-4,6H2,1H3,(H,18,19)/t9-/m1/s1. The summed E-state index contributed by atoms with van der Waals surface area (Å²) in [5, 5.41) is 28.7. The van der Waals surface area contributed by atoms with Crippen molar-refractivity contribution in [3.8, 4) is 11.5 Å². The van der Waals surface area contributed by atoms with Gasteiger partial charge in [0, 0.05) is 18.7 Å². The summed E-state index contributed by atoms with van der Waals surface area (Å²) in [7, 11) is -1.22. The molecule has 0 fully saturated rings. The van der Waals surface area contributed by atoms with Crippen LogP contribution >= 0.6 is 0 Å². The van der Waals surface area contributed by atoms with E-state index in [2.05, 4.69) is 0 Å². The summed E-state index contributed by atoms with van der Waals surface area (Å²) < 4.78 is 5.28. The number of benzene rings is 1. The molecule has 0 aliphatic carbocycles. The van der Waals surface area contributed by atoms with Gasteiger partial charge in [0.05, 0.1) is 0 Å². The molecule has 3 N–H and O–H groups in total. The minimum absolute atomic E-state index is 0.0345. The van der Waals surface area contributed by atoms with Crippen molar-refractivity contribution in [3.63, 3.8) is 0 Å². The molecule has 1 aromatic rings. The van der Waals surface area contributed by atoms with Crippen LogP contribution in [0.5, 0.6) is 11.5 Å². The lowest BCUT2D eigenvalue weighted by atomic mass is 9.64. The third-order valence-electron chi connectivity index (χ3n) is 3.52. The zero-order valence-electron chi connectivity index (χ0n) is 11.7. The summed E-state index contributed by atoms with van der Waals surface area (Å²) in [6.45, 7) is 1.90. The van der Waals surface area contributed by atoms with E-state index in [1.807, 2.05) is 6.92 Å². The Morgan fingerprint density at radius 1 is 1.43 bits per heavy atom. The van der Waals surface area contributed by atoms with Crippen LogP contribution in [0.25, 0.3) is 0 Å². The van der Waals surface area contributed by atoms with Gasteiger partial charge in [-0.05, 0) is 30.5 Å². The molecule has 2 rings (SSSR count). The van der Waals surface area contributed by atoms with Gasteiger partial charge in [0.25, 0.3) is 0 Å². The van der Waals surface area contributed by atoms with Gasteiger partial charge in [-0.15, -0.1) is 0 Å². The zero-order chi connectivity index (χ0) is 15.6. The monoisotopic (exact) mass is 292 g/mol. The van der Waals surface area contributed by atoms with E-state index in [9.17, 15) is 19.7 Å². The van der Waals surface area contributed by atoms with Crippen molar-refractivity contribution in [2.75, 3.05) is 0 Å². The zero-order valence-corrected chi connectivity index (χ0v) is 11.7. The minimum atomic E-state index is -1.24. The highest BCUT2D eigenvalue weighted by Crippen LogP contribution is 2.38. The highest BCUT2D eigenvalue weighted by atomic mass is 16.5. The first kappa shape index (κ1) is 15.4. The molecule has 0 amide bonds. The number of hydrogen-bond donors (Lipinski definition) is 3. The molecule has 112 valence electrons. The first-order valence-corrected chi connectivity index (χ1v) is 6.88. The van der Waals surface area contributed by atoms with Gasteiger partial charge in [-0.3, -0.25) is 4.79 Å². The molecule has 0 saturated carbocycles. The minimum Gasteiger partial charge on any atom is -0.535 e. The Bertz CT molecular complexity index is 571. The van der Waals surface area contributed by atoms with Gasteiger partial charge in [-0.1, -0.05) is 6.92 Å². The van der Waals surface area contributed by atoms with Gasteiger partial charge in [0.2, 0.25) is 0 Å². The van der Waals surface area contributed by atoms with Crippen LogP contribution in [0.1, 0.15) is 42.1 Å². The van der Waals surface area contributed by atoms with Crippen molar-refractivity contribution >= 4 is 18.9 Å². The molecule has 0 bridgehead atoms. The number of carboxylic acids is 1. The SMILES string of the molecule is CCCC(=O)C[C@H]1Cc2cc(O)cc(C(=O)O)c2OB1O. The number of Topliss-reactive ketones (excluding diaryl/α,β-unsaturated/α-hetero) is 1. The van der Waals surface area contributed by atoms with E-state index in [1.54, 1.807) is 0 Å². The Balaban J connectivity index is 2.26. The second-order valence-electron chi connectivity index (χ2n) is 5.25. The van der Waals surface area contributed by atoms with Crippen LogP contribution in [0.3, 0.4) is 0 Å². The number of aromatic carboxylic acids is 1. The highest BCUT2D eigenvalue weighted by molar-refractivity contribution is 6.47. The molecule has 1 atom stereocenters. The van der Waals surface area contributed by atoms with Crippen molar-refractivity contribution in [1.82, 2.24) is 0 Å². The lowest BCUT2D eigenvalue weighted by Gasteiger charge is -2.28. The van der Waals surface area contributed by atoms with Crippen LogP contribution in [0.15, 0.2) is 12.1 Å². The average Bonchev–Trinajstić information content (AvgIpc) is 2.39. The number of aromatic hydroxyl groups is 1. The molecule has 1 heterocycles. The van der Waals surface area contributed by atoms with Gasteiger partial charge in [-0.25, -0.2) is 4.79 Å². The van der Waals surface area contributed by atoms with Crippen LogP contribution in [-0.2, 0) is 11.2 Å². The van der Waals surface area contributed by atoms with E-state index in [0.717, 1.165) is 12.5 Å². The normalized spacial score (nSPS) is 17.0. The van der Waals surface area contributed by atoms with Crippen LogP contribution in [0.4, 0.5) is 0 Å². The molecule has 1 aliphatic rings. The Morgan fingerprint density at radius 2 is 2.14 bits per heavy atom. The van der Waals surface area contributed by atoms with E-state index in [4.69, 9.17) is 9.76 Å². The second kappa shape index (κ2) is 6.18. The summed E-state index contributed by atoms with van der Waals surface area (Å²) in [6.07, 6.45) is 1.65. The maximum atomic E-state index is 11.7. The number of ketones is 1. The van der Waals surface area contributed by atoms with Crippen LogP contribution in [0.2, 0.25) is 5.82 Å². The van der Waals surface area contributed by atoms with E-state index >= 15 is 0 Å². The molecule has 0 aromatic heterocycles. The van der Waals surface area contributed by atoms with Crippen molar-refractivity contribution < 1.29 is 29.5 Å². The van der Waals surface area contributed by atoms with E-state index in [0.29, 0.717) is 18.4 Å². The van der Waals surface area contributed by atoms with Crippen molar-refractivity contribution in [1.29, 1.82) is 0 Å². The van der Waals surface area contributed by atoms with E-state index in [-0.39, 0.29) is 29.3 Å². The number of carboxylic acid groups (broad SMARTS) is 1. The van der Waals surface area contributed by atoms with Gasteiger partial charge < -0.3 is 19.9 Å². The Morgan fingerprint density at radius 3 is 2.76 bits per heavy atom. The molecule has 0 unspecified atom stereocenters. The number of hydrogen-bond acceptors (Lipinski definition) is 5. The van der Waals surface area contributed by atoms with Crippen molar-refractivity contribution in [2.24, 2.45) is 0 Å². The second-order valence-corrected chi connectivity index (χ2v) is 5.25. The first-order valence-electron chi connectivity index (χ1n) is 6.88. The molecule has 7 heteroatoms. The maximum Gasteiger partial charge on any atom is 0.526 e.